The number of carbonyl (C=O) groups is 1. The van der Waals surface area contributed by atoms with Crippen LogP contribution in [0, 0.1) is 11.6 Å². The van der Waals surface area contributed by atoms with Gasteiger partial charge in [-0.25, -0.2) is 21.9 Å². The van der Waals surface area contributed by atoms with Gasteiger partial charge in [0.1, 0.15) is 10.6 Å². The van der Waals surface area contributed by atoms with Crippen molar-refractivity contribution in [2.24, 2.45) is 0 Å². The molecule has 0 saturated carbocycles. The van der Waals surface area contributed by atoms with Gasteiger partial charge in [0.2, 0.25) is 10.0 Å². The number of sulfonamides is 1. The number of fused-ring (bicyclic) bond motifs is 1. The highest BCUT2D eigenvalue weighted by Gasteiger charge is 2.41. The summed E-state index contributed by atoms with van der Waals surface area (Å²) >= 11 is 6.45. The predicted molar refractivity (Wildman–Crippen MR) is 106 cm³/mol. The Morgan fingerprint density at radius 2 is 1.97 bits per heavy atom. The highest BCUT2D eigenvalue weighted by molar-refractivity contribution is 7.89. The van der Waals surface area contributed by atoms with Gasteiger partial charge < -0.3 is 14.6 Å². The first kappa shape index (κ1) is 21.2. The Balaban J connectivity index is 1.73. The molecule has 0 aliphatic carbocycles. The summed E-state index contributed by atoms with van der Waals surface area (Å²) in [6.07, 6.45) is 1.96. The highest BCUT2D eigenvalue weighted by Crippen LogP contribution is 2.37. The van der Waals surface area contributed by atoms with E-state index in [1.165, 1.54) is 6.07 Å². The van der Waals surface area contributed by atoms with Crippen molar-refractivity contribution < 1.29 is 26.7 Å². The molecule has 0 bridgehead atoms. The minimum Gasteiger partial charge on any atom is -0.377 e. The second-order valence-electron chi connectivity index (χ2n) is 7.79. The number of hydrogen-bond acceptors (Lipinski definition) is 4. The summed E-state index contributed by atoms with van der Waals surface area (Å²) in [5, 5.41) is 2.28. The summed E-state index contributed by atoms with van der Waals surface area (Å²) in [6.45, 7) is 2.62. The van der Waals surface area contributed by atoms with E-state index in [9.17, 15) is 22.0 Å². The van der Waals surface area contributed by atoms with Crippen molar-refractivity contribution >= 4 is 33.2 Å². The zero-order valence-corrected chi connectivity index (χ0v) is 17.7. The molecule has 1 amide bonds. The normalized spacial score (nSPS) is 17.9. The maximum Gasteiger partial charge on any atom is 0.273 e. The van der Waals surface area contributed by atoms with E-state index in [-0.39, 0.29) is 34.5 Å². The van der Waals surface area contributed by atoms with Crippen LogP contribution in [0.5, 0.6) is 0 Å². The molecule has 1 saturated heterocycles. The number of halogens is 3. The third-order valence-electron chi connectivity index (χ3n) is 5.19. The molecule has 1 aromatic carbocycles. The number of carbonyl (C=O) groups excluding carboxylic acids is 1. The van der Waals surface area contributed by atoms with Gasteiger partial charge >= 0.3 is 0 Å². The lowest BCUT2D eigenvalue weighted by molar-refractivity contribution is -0.0523. The third kappa shape index (κ3) is 3.73. The van der Waals surface area contributed by atoms with Crippen molar-refractivity contribution in [3.8, 4) is 0 Å². The Kier molecular flexibility index (Phi) is 5.38. The van der Waals surface area contributed by atoms with E-state index in [2.05, 4.69) is 10.0 Å². The van der Waals surface area contributed by atoms with Crippen molar-refractivity contribution in [1.82, 2.24) is 9.29 Å². The molecule has 7 nitrogen and oxygen atoms in total. The lowest BCUT2D eigenvalue weighted by Crippen LogP contribution is -2.59. The van der Waals surface area contributed by atoms with Crippen molar-refractivity contribution in [1.29, 1.82) is 0 Å². The molecule has 3 heterocycles. The average Bonchev–Trinajstić information content (AvgIpc) is 2.95. The quantitative estimate of drug-likeness (QED) is 0.719. The van der Waals surface area contributed by atoms with Gasteiger partial charge in [-0.2, -0.15) is 0 Å². The molecule has 2 aliphatic heterocycles. The van der Waals surface area contributed by atoms with Crippen molar-refractivity contribution in [2.75, 3.05) is 18.5 Å². The van der Waals surface area contributed by atoms with E-state index in [0.717, 1.165) is 25.0 Å². The van der Waals surface area contributed by atoms with Gasteiger partial charge in [0.05, 0.1) is 23.8 Å². The van der Waals surface area contributed by atoms with Crippen LogP contribution >= 0.6 is 11.6 Å². The Morgan fingerprint density at radius 1 is 1.23 bits per heavy atom. The number of hydrogen-bond donors (Lipinski definition) is 2. The van der Waals surface area contributed by atoms with Gasteiger partial charge in [-0.15, -0.1) is 0 Å². The molecule has 0 spiro atoms. The van der Waals surface area contributed by atoms with Crippen LogP contribution in [0.1, 0.15) is 35.9 Å². The van der Waals surface area contributed by atoms with Crippen LogP contribution in [-0.4, -0.2) is 37.6 Å². The number of nitrogens with zero attached hydrogens (tertiary/aromatic N) is 1. The number of amides is 1. The van der Waals surface area contributed by atoms with Crippen LogP contribution in [0.25, 0.3) is 0 Å². The molecule has 2 aromatic rings. The first-order valence-corrected chi connectivity index (χ1v) is 11.3. The third-order valence-corrected chi connectivity index (χ3v) is 7.41. The first-order valence-electron chi connectivity index (χ1n) is 9.40. The molecule has 162 valence electrons. The van der Waals surface area contributed by atoms with Crippen LogP contribution in [0.15, 0.2) is 23.1 Å². The smallest absolute Gasteiger partial charge is 0.273 e. The lowest BCUT2D eigenvalue weighted by Gasteiger charge is -2.38. The Bertz CT molecular complexity index is 1130. The minimum absolute atomic E-state index is 0.0218. The summed E-state index contributed by atoms with van der Waals surface area (Å²) in [5.74, 6) is -2.85. The molecule has 0 atom stereocenters. The molecule has 1 aromatic heterocycles. The summed E-state index contributed by atoms with van der Waals surface area (Å²) in [5.41, 5.74) is -0.271. The zero-order valence-electron chi connectivity index (χ0n) is 16.1. The second-order valence-corrected chi connectivity index (χ2v) is 9.79. The summed E-state index contributed by atoms with van der Waals surface area (Å²) in [4.78, 5) is 12.8. The van der Waals surface area contributed by atoms with Gasteiger partial charge in [-0.05, 0) is 38.3 Å². The van der Waals surface area contributed by atoms with Crippen molar-refractivity contribution in [3.63, 3.8) is 0 Å². The van der Waals surface area contributed by atoms with E-state index in [1.54, 1.807) is 11.5 Å². The predicted octanol–water partition coefficient (Wildman–Crippen LogP) is 3.08. The van der Waals surface area contributed by atoms with Gasteiger partial charge in [0.15, 0.2) is 11.6 Å². The summed E-state index contributed by atoms with van der Waals surface area (Å²) in [6, 6.07) is 2.94. The average molecular weight is 460 g/mol. The van der Waals surface area contributed by atoms with Crippen molar-refractivity contribution in [2.45, 2.75) is 43.2 Å². The van der Waals surface area contributed by atoms with E-state index in [1.807, 2.05) is 0 Å². The van der Waals surface area contributed by atoms with Gasteiger partial charge in [-0.1, -0.05) is 11.6 Å². The molecule has 0 unspecified atom stereocenters. The molecule has 2 aliphatic rings. The largest absolute Gasteiger partial charge is 0.377 e. The van der Waals surface area contributed by atoms with Crippen LogP contribution in [-0.2, 0) is 27.7 Å². The van der Waals surface area contributed by atoms with Gasteiger partial charge in [-0.3, -0.25) is 4.79 Å². The SMILES string of the molecule is CC1(NS(=O)(=O)c2c(Cl)c(C(=O)Nc3ccc(F)c(F)c3)n3c2CCCC3)COC1. The number of ether oxygens (including phenoxy) is 1. The monoisotopic (exact) mass is 459 g/mol. The number of benzene rings is 1. The second kappa shape index (κ2) is 7.60. The number of rotatable bonds is 5. The first-order chi connectivity index (χ1) is 14.1. The van der Waals surface area contributed by atoms with Crippen LogP contribution in [0.3, 0.4) is 0 Å². The number of aromatic nitrogens is 1. The number of nitrogens with one attached hydrogen (secondary N) is 2. The van der Waals surface area contributed by atoms with Crippen LogP contribution in [0.2, 0.25) is 5.02 Å². The van der Waals surface area contributed by atoms with Crippen LogP contribution in [0.4, 0.5) is 14.5 Å². The maximum absolute atomic E-state index is 13.5. The number of anilines is 1. The summed E-state index contributed by atoms with van der Waals surface area (Å²) < 4.78 is 62.2. The topological polar surface area (TPSA) is 89.4 Å². The zero-order chi connectivity index (χ0) is 21.7. The standard InChI is InChI=1S/C19H20ClF2N3O4S/c1-19(9-29-10-19)24-30(27,28)17-14-4-2-3-7-25(14)16(15(17)20)18(26)23-11-5-6-12(21)13(22)8-11/h5-6,8,24H,2-4,7,9-10H2,1H3,(H,23,26). The molecule has 1 fully saturated rings. The van der Waals surface area contributed by atoms with E-state index in [0.29, 0.717) is 18.7 Å². The molecule has 4 rings (SSSR count). The molecule has 2 N–H and O–H groups in total. The van der Waals surface area contributed by atoms with E-state index >= 15 is 0 Å². The Hall–Kier alpha value is -2.01. The van der Waals surface area contributed by atoms with E-state index < -0.39 is 33.1 Å². The molecular formula is C19H20ClF2N3O4S. The Labute approximate surface area is 177 Å². The lowest BCUT2D eigenvalue weighted by atomic mass is 10.0. The molecule has 30 heavy (non-hydrogen) atoms. The Morgan fingerprint density at radius 3 is 2.60 bits per heavy atom. The molecule has 11 heteroatoms. The minimum atomic E-state index is -4.02. The van der Waals surface area contributed by atoms with Crippen molar-refractivity contribution in [3.05, 3.63) is 46.2 Å². The molecular weight excluding hydrogens is 440 g/mol. The van der Waals surface area contributed by atoms with Gasteiger partial charge in [0, 0.05) is 24.0 Å². The van der Waals surface area contributed by atoms with Crippen LogP contribution < -0.4 is 10.0 Å². The van der Waals surface area contributed by atoms with E-state index in [4.69, 9.17) is 16.3 Å². The van der Waals surface area contributed by atoms with Gasteiger partial charge in [0.25, 0.3) is 5.91 Å². The fourth-order valence-electron chi connectivity index (χ4n) is 3.77. The molecule has 0 radical (unpaired) electrons. The fraction of sp³-hybridized carbons (Fsp3) is 0.421. The summed E-state index contributed by atoms with van der Waals surface area (Å²) in [7, 11) is -4.02. The highest BCUT2D eigenvalue weighted by atomic mass is 35.5. The fourth-order valence-corrected chi connectivity index (χ4v) is 6.10. The maximum atomic E-state index is 13.5.